The van der Waals surface area contributed by atoms with E-state index in [4.69, 9.17) is 0 Å². The zero-order chi connectivity index (χ0) is 11.2. The lowest BCUT2D eigenvalue weighted by Crippen LogP contribution is -2.23. The molecule has 15 heavy (non-hydrogen) atoms. The van der Waals surface area contributed by atoms with Crippen LogP contribution in [0.5, 0.6) is 0 Å². The summed E-state index contributed by atoms with van der Waals surface area (Å²) in [7, 11) is 0. The van der Waals surface area contributed by atoms with Crippen molar-refractivity contribution >= 4 is 17.8 Å². The SMILES string of the molecule is Cc1nc2c(n1C(C)(C)C)N=CCC2=O. The maximum Gasteiger partial charge on any atom is 0.190 e. The van der Waals surface area contributed by atoms with Gasteiger partial charge < -0.3 is 4.57 Å². The van der Waals surface area contributed by atoms with Crippen molar-refractivity contribution in [3.63, 3.8) is 0 Å². The van der Waals surface area contributed by atoms with E-state index in [-0.39, 0.29) is 11.3 Å². The van der Waals surface area contributed by atoms with Gasteiger partial charge in [0.25, 0.3) is 0 Å². The van der Waals surface area contributed by atoms with Crippen LogP contribution in [0, 0.1) is 6.92 Å². The molecule has 1 aliphatic heterocycles. The third-order valence-corrected chi connectivity index (χ3v) is 2.45. The lowest BCUT2D eigenvalue weighted by Gasteiger charge is -2.24. The predicted octanol–water partition coefficient (Wildman–Crippen LogP) is 2.24. The molecule has 0 saturated heterocycles. The molecule has 0 spiro atoms. The van der Waals surface area contributed by atoms with Crippen molar-refractivity contribution in [2.45, 2.75) is 39.7 Å². The lowest BCUT2D eigenvalue weighted by atomic mass is 10.1. The van der Waals surface area contributed by atoms with E-state index in [2.05, 4.69) is 30.7 Å². The minimum atomic E-state index is -0.0976. The van der Waals surface area contributed by atoms with Crippen LogP contribution in [-0.2, 0) is 5.54 Å². The largest absolute Gasteiger partial charge is 0.307 e. The van der Waals surface area contributed by atoms with Crippen LogP contribution in [0.3, 0.4) is 0 Å². The number of nitrogens with zero attached hydrogens (tertiary/aromatic N) is 3. The molecule has 0 unspecified atom stereocenters. The van der Waals surface area contributed by atoms with Crippen LogP contribution >= 0.6 is 0 Å². The standard InChI is InChI=1S/C11H15N3O/c1-7-13-9-8(15)5-6-12-10(9)14(7)11(2,3)4/h6H,5H2,1-4H3. The van der Waals surface area contributed by atoms with E-state index in [1.807, 2.05) is 11.5 Å². The number of aryl methyl sites for hydroxylation is 1. The Morgan fingerprint density at radius 1 is 1.40 bits per heavy atom. The van der Waals surface area contributed by atoms with Crippen molar-refractivity contribution in [3.05, 3.63) is 11.5 Å². The van der Waals surface area contributed by atoms with Crippen molar-refractivity contribution in [1.82, 2.24) is 9.55 Å². The molecule has 80 valence electrons. The molecule has 1 aromatic heterocycles. The van der Waals surface area contributed by atoms with E-state index < -0.39 is 0 Å². The Morgan fingerprint density at radius 3 is 2.67 bits per heavy atom. The van der Waals surface area contributed by atoms with Gasteiger partial charge in [0, 0.05) is 18.2 Å². The number of Topliss-reactive ketones (excluding diaryl/α,β-unsaturated/α-hetero) is 1. The zero-order valence-corrected chi connectivity index (χ0v) is 9.53. The van der Waals surface area contributed by atoms with Crippen LogP contribution in [0.15, 0.2) is 4.99 Å². The van der Waals surface area contributed by atoms with Crippen LogP contribution < -0.4 is 0 Å². The zero-order valence-electron chi connectivity index (χ0n) is 9.53. The van der Waals surface area contributed by atoms with Gasteiger partial charge in [-0.2, -0.15) is 0 Å². The number of carbonyl (C=O) groups excluding carboxylic acids is 1. The average molecular weight is 205 g/mol. The number of fused-ring (bicyclic) bond motifs is 1. The predicted molar refractivity (Wildman–Crippen MR) is 59.1 cm³/mol. The highest BCUT2D eigenvalue weighted by molar-refractivity contribution is 6.08. The van der Waals surface area contributed by atoms with Crippen molar-refractivity contribution < 1.29 is 4.79 Å². The number of ketones is 1. The quantitative estimate of drug-likeness (QED) is 0.652. The highest BCUT2D eigenvalue weighted by atomic mass is 16.1. The first kappa shape index (κ1) is 10.1. The van der Waals surface area contributed by atoms with Crippen molar-refractivity contribution in [2.24, 2.45) is 4.99 Å². The van der Waals surface area contributed by atoms with Crippen molar-refractivity contribution in [3.8, 4) is 0 Å². The van der Waals surface area contributed by atoms with Gasteiger partial charge in [-0.3, -0.25) is 4.79 Å². The molecule has 0 aliphatic carbocycles. The van der Waals surface area contributed by atoms with Gasteiger partial charge in [-0.25, -0.2) is 9.98 Å². The number of aliphatic imine (C=N–C) groups is 1. The van der Waals surface area contributed by atoms with E-state index in [1.54, 1.807) is 6.21 Å². The highest BCUT2D eigenvalue weighted by Gasteiger charge is 2.27. The van der Waals surface area contributed by atoms with Gasteiger partial charge in [0.15, 0.2) is 17.3 Å². The topological polar surface area (TPSA) is 47.2 Å². The lowest BCUT2D eigenvalue weighted by molar-refractivity contribution is 0.0996. The van der Waals surface area contributed by atoms with E-state index in [1.165, 1.54) is 0 Å². The minimum absolute atomic E-state index is 0.0612. The van der Waals surface area contributed by atoms with E-state index in [0.29, 0.717) is 17.9 Å². The third-order valence-electron chi connectivity index (χ3n) is 2.45. The minimum Gasteiger partial charge on any atom is -0.307 e. The summed E-state index contributed by atoms with van der Waals surface area (Å²) in [4.78, 5) is 20.2. The van der Waals surface area contributed by atoms with Crippen LogP contribution in [0.25, 0.3) is 0 Å². The van der Waals surface area contributed by atoms with E-state index in [0.717, 1.165) is 5.82 Å². The van der Waals surface area contributed by atoms with Gasteiger partial charge in [0.05, 0.1) is 0 Å². The molecule has 1 aliphatic rings. The molecule has 4 heteroatoms. The first-order valence-corrected chi connectivity index (χ1v) is 5.07. The number of carbonyl (C=O) groups is 1. The van der Waals surface area contributed by atoms with E-state index >= 15 is 0 Å². The second-order valence-electron chi connectivity index (χ2n) is 4.78. The Bertz CT molecular complexity index is 449. The summed E-state index contributed by atoms with van der Waals surface area (Å²) in [6.07, 6.45) is 2.03. The molecule has 2 heterocycles. The Morgan fingerprint density at radius 2 is 2.07 bits per heavy atom. The number of hydrogen-bond acceptors (Lipinski definition) is 3. The van der Waals surface area contributed by atoms with Gasteiger partial charge in [0.1, 0.15) is 5.82 Å². The number of hydrogen-bond donors (Lipinski definition) is 0. The van der Waals surface area contributed by atoms with Crippen molar-refractivity contribution in [1.29, 1.82) is 0 Å². The Labute approximate surface area is 89.0 Å². The first-order valence-electron chi connectivity index (χ1n) is 5.07. The summed E-state index contributed by atoms with van der Waals surface area (Å²) in [5, 5.41) is 0. The number of imidazole rings is 1. The second kappa shape index (κ2) is 3.02. The molecule has 0 amide bonds. The Balaban J connectivity index is 2.69. The fourth-order valence-electron chi connectivity index (χ4n) is 1.94. The van der Waals surface area contributed by atoms with Gasteiger partial charge in [-0.05, 0) is 27.7 Å². The average Bonchev–Trinajstić information content (AvgIpc) is 2.41. The summed E-state index contributed by atoms with van der Waals surface area (Å²) >= 11 is 0. The van der Waals surface area contributed by atoms with Crippen LogP contribution in [0.1, 0.15) is 43.5 Å². The fourth-order valence-corrected chi connectivity index (χ4v) is 1.94. The number of rotatable bonds is 0. The van der Waals surface area contributed by atoms with Gasteiger partial charge >= 0.3 is 0 Å². The molecule has 2 rings (SSSR count). The summed E-state index contributed by atoms with van der Waals surface area (Å²) in [5.41, 5.74) is 0.421. The summed E-state index contributed by atoms with van der Waals surface area (Å²) < 4.78 is 2.01. The second-order valence-corrected chi connectivity index (χ2v) is 4.78. The van der Waals surface area contributed by atoms with Crippen LogP contribution in [-0.4, -0.2) is 21.5 Å². The molecular formula is C11H15N3O. The monoisotopic (exact) mass is 205 g/mol. The molecular weight excluding hydrogens is 190 g/mol. The molecule has 0 radical (unpaired) electrons. The summed E-state index contributed by atoms with van der Waals surface area (Å²) in [5.74, 6) is 1.61. The molecule has 0 bridgehead atoms. The Hall–Kier alpha value is -1.45. The summed E-state index contributed by atoms with van der Waals surface area (Å²) in [6, 6.07) is 0. The fraction of sp³-hybridized carbons (Fsp3) is 0.545. The van der Waals surface area contributed by atoms with Crippen LogP contribution in [0.4, 0.5) is 5.82 Å². The molecule has 4 nitrogen and oxygen atoms in total. The first-order chi connectivity index (χ1) is 6.91. The van der Waals surface area contributed by atoms with Gasteiger partial charge in [0.2, 0.25) is 0 Å². The molecule has 0 atom stereocenters. The normalized spacial score (nSPS) is 15.6. The smallest absolute Gasteiger partial charge is 0.190 e. The maximum atomic E-state index is 11.6. The molecule has 0 fully saturated rings. The number of aromatic nitrogens is 2. The Kier molecular flexibility index (Phi) is 2.03. The molecule has 1 aromatic rings. The third kappa shape index (κ3) is 1.50. The highest BCUT2D eigenvalue weighted by Crippen LogP contribution is 2.31. The van der Waals surface area contributed by atoms with Gasteiger partial charge in [-0.1, -0.05) is 0 Å². The van der Waals surface area contributed by atoms with Crippen molar-refractivity contribution in [2.75, 3.05) is 0 Å². The summed E-state index contributed by atoms with van der Waals surface area (Å²) in [6.45, 7) is 8.15. The maximum absolute atomic E-state index is 11.6. The molecule has 0 N–H and O–H groups in total. The molecule has 0 aromatic carbocycles. The molecule has 0 saturated carbocycles. The van der Waals surface area contributed by atoms with Crippen LogP contribution in [0.2, 0.25) is 0 Å². The van der Waals surface area contributed by atoms with Gasteiger partial charge in [-0.15, -0.1) is 0 Å². The van der Waals surface area contributed by atoms with E-state index in [9.17, 15) is 4.79 Å².